The van der Waals surface area contributed by atoms with Gasteiger partial charge in [-0.25, -0.2) is 34.9 Å². The molecule has 6 aromatic carbocycles. The first kappa shape index (κ1) is 77.7. The maximum atomic E-state index is 11.6. The van der Waals surface area contributed by atoms with Gasteiger partial charge in [-0.15, -0.1) is 0 Å². The van der Waals surface area contributed by atoms with Gasteiger partial charge >= 0.3 is 0 Å². The number of benzene rings is 6. The van der Waals surface area contributed by atoms with Crippen molar-refractivity contribution in [1.82, 2.24) is 59.7 Å². The van der Waals surface area contributed by atoms with Crippen LogP contribution in [0.25, 0.3) is 67.2 Å². The van der Waals surface area contributed by atoms with Crippen LogP contribution in [0.1, 0.15) is 97.5 Å². The number of hydrogen-bond donors (Lipinski definition) is 9. The SMILES string of the molecule is CCCc1cc(-c2cccc(C)c2Cl)nc(N)n1.Cc1cccc(-c2cc(CC3CC3)nc(N)n2)c1Cl.Cc1cccc(-c2cc(NCCCN3CCCC3=O)nc(N)n2)c1Cl.Cc1cccc(-c2cc(NCCc3ccc(Cl)cc3)nc(N)n2)c1Cl.Nc1nc(NC2CC2)cc(-c2cccc3[nH]ccc23)n1. The number of halogens is 5. The number of nitrogen functional groups attached to an aromatic ring is 5. The Balaban J connectivity index is 0.000000134. The standard InChI is InChI=1S/C19H18Cl2N4.C18H22ClN5O.C15H16ClN3.C15H15N5.C14H16ClN3/c1-12-3-2-4-15(18(12)21)16-11-17(25-19(22)24-16)23-10-9-13-5-7-14(20)8-6-13;1-12-5-2-6-13(17(12)19)14-11-15(23-18(20)22-14)21-8-4-10-24-9-3-7-16(24)25;1-9-3-2-4-12(14(9)16)13-8-11(7-10-5-6-10)18-15(17)19-13;16-15-19-13(8-14(20-15)18-9-4-5-9)10-2-1-3-12-11(10)6-7-17-12;1-3-5-10-8-12(18-14(16)17-10)11-7-4-6-9(2)13(11)15/h2-8,11H,9-10H2,1H3,(H3,22,23,24,25);2,5-6,11H,3-4,7-10H2,1H3,(H3,20,21,22,23);2-4,8,10H,5-7H2,1H3,(H2,17,18,19);1-3,6-9,17H,4-5H2,(H3,16,18,19,20);4,6-8H,3,5H2,1-2H3,(H2,16,17,18). The molecule has 6 aromatic heterocycles. The highest BCUT2D eigenvalue weighted by atomic mass is 35.5. The zero-order valence-electron chi connectivity index (χ0n) is 60.4. The summed E-state index contributed by atoms with van der Waals surface area (Å²) in [6.07, 6.45) is 13.2. The van der Waals surface area contributed by atoms with Crippen LogP contribution in [0, 0.1) is 33.6 Å². The van der Waals surface area contributed by atoms with Crippen LogP contribution in [0.5, 0.6) is 0 Å². The minimum Gasteiger partial charge on any atom is -0.370 e. The van der Waals surface area contributed by atoms with Crippen molar-refractivity contribution in [2.24, 2.45) is 5.92 Å². The average molecular weight is 1530 g/mol. The number of fused-ring (bicyclic) bond motifs is 1. The second-order valence-corrected chi connectivity index (χ2v) is 28.5. The molecule has 3 aliphatic rings. The summed E-state index contributed by atoms with van der Waals surface area (Å²) in [7, 11) is 0. The smallest absolute Gasteiger partial charge is 0.222 e. The molecule has 7 heterocycles. The van der Waals surface area contributed by atoms with E-state index >= 15 is 0 Å². The Morgan fingerprint density at radius 1 is 0.477 bits per heavy atom. The van der Waals surface area contributed by atoms with E-state index in [4.69, 9.17) is 86.7 Å². The molecule has 1 aliphatic heterocycles. The van der Waals surface area contributed by atoms with Gasteiger partial charge in [0.25, 0.3) is 0 Å². The molecule has 15 rings (SSSR count). The number of H-pyrrole nitrogens is 1. The van der Waals surface area contributed by atoms with Gasteiger partial charge in [0.1, 0.15) is 17.5 Å². The van der Waals surface area contributed by atoms with E-state index in [2.05, 4.69) is 89.8 Å². The maximum absolute atomic E-state index is 11.6. The topological polar surface area (TPSA) is 331 Å². The summed E-state index contributed by atoms with van der Waals surface area (Å²) in [4.78, 5) is 59.6. The van der Waals surface area contributed by atoms with Crippen LogP contribution < -0.4 is 44.6 Å². The Bertz CT molecular complexity index is 5070. The minimum atomic E-state index is 0.201. The fraction of sp³-hybridized carbons (Fsp3) is 0.272. The maximum Gasteiger partial charge on any atom is 0.222 e. The molecule has 3 fully saturated rings. The first-order chi connectivity index (χ1) is 51.6. The molecule has 21 nitrogen and oxygen atoms in total. The first-order valence-electron chi connectivity index (χ1n) is 35.7. The van der Waals surface area contributed by atoms with E-state index in [9.17, 15) is 4.79 Å². The minimum absolute atomic E-state index is 0.201. The molecule has 2 saturated carbocycles. The van der Waals surface area contributed by atoms with E-state index in [1.165, 1.54) is 31.2 Å². The zero-order chi connectivity index (χ0) is 75.7. The number of carbonyl (C=O) groups excluding carboxylic acids is 1. The number of aryl methyl sites for hydroxylation is 5. The van der Waals surface area contributed by atoms with E-state index in [1.807, 2.05) is 178 Å². The quantitative estimate of drug-likeness (QED) is 0.0320. The van der Waals surface area contributed by atoms with Gasteiger partial charge in [-0.3, -0.25) is 4.79 Å². The molecular weight excluding hydrogens is 1450 g/mol. The number of aromatic amines is 1. The van der Waals surface area contributed by atoms with Crippen LogP contribution in [0.4, 0.5) is 47.2 Å². The van der Waals surface area contributed by atoms with Gasteiger partial charge in [0.05, 0.1) is 48.6 Å². The van der Waals surface area contributed by atoms with E-state index in [0.29, 0.717) is 69.9 Å². The molecule has 0 atom stereocenters. The molecule has 1 amide bonds. The number of nitrogens with two attached hydrogens (primary N) is 5. The highest BCUT2D eigenvalue weighted by Gasteiger charge is 2.25. The Morgan fingerprint density at radius 2 is 0.916 bits per heavy atom. The lowest BCUT2D eigenvalue weighted by Gasteiger charge is -2.15. The van der Waals surface area contributed by atoms with Crippen LogP contribution in [0.3, 0.4) is 0 Å². The van der Waals surface area contributed by atoms with Gasteiger partial charge in [-0.05, 0) is 156 Å². The Hall–Kier alpha value is -10.4. The molecule has 12 aromatic rings. The van der Waals surface area contributed by atoms with E-state index in [1.54, 1.807) is 0 Å². The van der Waals surface area contributed by atoms with E-state index in [-0.39, 0.29) is 17.8 Å². The van der Waals surface area contributed by atoms with Crippen molar-refractivity contribution in [2.45, 2.75) is 111 Å². The Morgan fingerprint density at radius 3 is 1.40 bits per heavy atom. The van der Waals surface area contributed by atoms with Crippen LogP contribution >= 0.6 is 58.0 Å². The van der Waals surface area contributed by atoms with Crippen LogP contribution in [-0.2, 0) is 24.1 Å². The van der Waals surface area contributed by atoms with Gasteiger partial charge in [0.2, 0.25) is 35.6 Å². The summed E-state index contributed by atoms with van der Waals surface area (Å²) in [5.41, 5.74) is 45.9. The molecule has 26 heteroatoms. The number of amides is 1. The molecule has 552 valence electrons. The summed E-state index contributed by atoms with van der Waals surface area (Å²) in [5, 5.41) is 14.6. The van der Waals surface area contributed by atoms with Crippen LogP contribution in [-0.4, -0.2) is 97.9 Å². The molecule has 2 aliphatic carbocycles. The number of rotatable bonds is 20. The largest absolute Gasteiger partial charge is 0.370 e. The van der Waals surface area contributed by atoms with Crippen molar-refractivity contribution in [3.8, 4) is 56.3 Å². The third-order valence-corrected chi connectivity index (χ3v) is 20.2. The average Bonchev–Trinajstić information content (AvgIpc) is 1.59. The molecule has 1 saturated heterocycles. The van der Waals surface area contributed by atoms with Crippen LogP contribution in [0.15, 0.2) is 158 Å². The second-order valence-electron chi connectivity index (χ2n) is 26.6. The number of anilines is 8. The Kier molecular flexibility index (Phi) is 26.7. The van der Waals surface area contributed by atoms with E-state index in [0.717, 1.165) is 174 Å². The van der Waals surface area contributed by atoms with Crippen molar-refractivity contribution >= 4 is 122 Å². The van der Waals surface area contributed by atoms with Gasteiger partial charge in [-0.1, -0.05) is 168 Å². The van der Waals surface area contributed by atoms with Gasteiger partial charge < -0.3 is 54.5 Å². The van der Waals surface area contributed by atoms with Crippen molar-refractivity contribution in [2.75, 3.05) is 70.8 Å². The number of hydrogen-bond acceptors (Lipinski definition) is 19. The van der Waals surface area contributed by atoms with Crippen LogP contribution in [0.2, 0.25) is 25.1 Å². The highest BCUT2D eigenvalue weighted by molar-refractivity contribution is 6.35. The monoisotopic (exact) mass is 1530 g/mol. The lowest BCUT2D eigenvalue weighted by atomic mass is 10.1. The van der Waals surface area contributed by atoms with Crippen molar-refractivity contribution in [3.05, 3.63) is 222 Å². The summed E-state index contributed by atoms with van der Waals surface area (Å²) < 4.78 is 0. The van der Waals surface area contributed by atoms with Crippen molar-refractivity contribution in [1.29, 1.82) is 0 Å². The third-order valence-electron chi connectivity index (χ3n) is 17.9. The fourth-order valence-corrected chi connectivity index (χ4v) is 13.0. The molecule has 0 unspecified atom stereocenters. The highest BCUT2D eigenvalue weighted by Crippen LogP contribution is 2.37. The van der Waals surface area contributed by atoms with Crippen molar-refractivity contribution < 1.29 is 4.79 Å². The lowest BCUT2D eigenvalue weighted by Crippen LogP contribution is -2.27. The predicted molar refractivity (Wildman–Crippen MR) is 440 cm³/mol. The molecule has 0 radical (unpaired) electrons. The first-order valence-corrected chi connectivity index (χ1v) is 37.6. The molecule has 0 bridgehead atoms. The second kappa shape index (κ2) is 36.7. The van der Waals surface area contributed by atoms with Gasteiger partial charge in [-0.2, -0.15) is 15.0 Å². The summed E-state index contributed by atoms with van der Waals surface area (Å²) in [6, 6.07) is 49.6. The van der Waals surface area contributed by atoms with Gasteiger partial charge in [0, 0.05) is 118 Å². The number of carbonyl (C=O) groups is 1. The normalized spacial score (nSPS) is 12.9. The molecule has 14 N–H and O–H groups in total. The number of nitrogens with one attached hydrogen (secondary N) is 4. The summed E-state index contributed by atoms with van der Waals surface area (Å²) >= 11 is 31.3. The Labute approximate surface area is 648 Å². The molecular formula is C81H87Cl5N20O. The van der Waals surface area contributed by atoms with Crippen molar-refractivity contribution in [3.63, 3.8) is 0 Å². The zero-order valence-corrected chi connectivity index (χ0v) is 64.2. The number of aromatic nitrogens is 11. The molecule has 107 heavy (non-hydrogen) atoms. The lowest BCUT2D eigenvalue weighted by molar-refractivity contribution is -0.127. The fourth-order valence-electron chi connectivity index (χ4n) is 12.0. The number of likely N-dealkylation sites (tertiary alicyclic amines) is 1. The van der Waals surface area contributed by atoms with Gasteiger partial charge in [0.15, 0.2) is 0 Å². The number of nitrogens with zero attached hydrogens (tertiary/aromatic N) is 11. The predicted octanol–water partition coefficient (Wildman–Crippen LogP) is 18.2. The third kappa shape index (κ3) is 21.9. The molecule has 0 spiro atoms. The van der Waals surface area contributed by atoms with E-state index < -0.39 is 0 Å². The summed E-state index contributed by atoms with van der Waals surface area (Å²) in [5.74, 6) is 4.51. The summed E-state index contributed by atoms with van der Waals surface area (Å²) in [6.45, 7) is 13.1.